The molecule has 0 aliphatic heterocycles. The molecule has 0 saturated heterocycles. The maximum Gasteiger partial charge on any atom is 0.135 e. The maximum absolute atomic E-state index is 7.48. The van der Waals surface area contributed by atoms with Gasteiger partial charge in [-0.15, -0.1) is 0 Å². The number of nitrogens with two attached hydrogens (primary N) is 1. The number of anilines is 1. The number of amidine groups is 1. The molecule has 0 spiro atoms. The van der Waals surface area contributed by atoms with Gasteiger partial charge in [-0.3, -0.25) is 10.1 Å². The Morgan fingerprint density at radius 2 is 2.29 bits per heavy atom. The third-order valence-electron chi connectivity index (χ3n) is 2.41. The largest absolute Gasteiger partial charge is 0.384 e. The summed E-state index contributed by atoms with van der Waals surface area (Å²) in [6, 6.07) is 0.544. The quantitative estimate of drug-likeness (QED) is 0.485. The van der Waals surface area contributed by atoms with E-state index in [1.54, 1.807) is 4.68 Å². The molecule has 0 unspecified atom stereocenters. The molecule has 1 heterocycles. The second-order valence-corrected chi connectivity index (χ2v) is 3.76. The van der Waals surface area contributed by atoms with Crippen molar-refractivity contribution in [1.82, 2.24) is 9.78 Å². The molecule has 1 aliphatic carbocycles. The molecule has 5 heteroatoms. The van der Waals surface area contributed by atoms with Gasteiger partial charge < -0.3 is 11.1 Å². The van der Waals surface area contributed by atoms with Gasteiger partial charge in [-0.25, -0.2) is 0 Å². The first-order valence-electron chi connectivity index (χ1n) is 4.74. The Bertz CT molecular complexity index is 375. The van der Waals surface area contributed by atoms with Crippen molar-refractivity contribution in [2.75, 3.05) is 5.32 Å². The van der Waals surface area contributed by atoms with Crippen molar-refractivity contribution in [3.63, 3.8) is 0 Å². The molecule has 1 aromatic rings. The van der Waals surface area contributed by atoms with Crippen LogP contribution in [0.15, 0.2) is 0 Å². The molecule has 0 radical (unpaired) electrons. The van der Waals surface area contributed by atoms with Crippen molar-refractivity contribution in [1.29, 1.82) is 5.41 Å². The first-order chi connectivity index (χ1) is 6.59. The molecule has 5 nitrogen and oxygen atoms in total. The van der Waals surface area contributed by atoms with Crippen molar-refractivity contribution in [2.45, 2.75) is 25.8 Å². The van der Waals surface area contributed by atoms with E-state index in [9.17, 15) is 0 Å². The van der Waals surface area contributed by atoms with E-state index in [0.29, 0.717) is 6.04 Å². The summed E-state index contributed by atoms with van der Waals surface area (Å²) >= 11 is 0. The topological polar surface area (TPSA) is 79.7 Å². The van der Waals surface area contributed by atoms with Crippen LogP contribution >= 0.6 is 0 Å². The highest BCUT2D eigenvalue weighted by atomic mass is 15.3. The molecule has 1 saturated carbocycles. The molecular formula is C9H15N5. The summed E-state index contributed by atoms with van der Waals surface area (Å²) in [4.78, 5) is 0. The molecule has 1 aliphatic rings. The molecule has 2 rings (SSSR count). The number of nitrogens with one attached hydrogen (secondary N) is 2. The molecular weight excluding hydrogens is 178 g/mol. The van der Waals surface area contributed by atoms with Crippen LogP contribution in [0.1, 0.15) is 24.1 Å². The van der Waals surface area contributed by atoms with Crippen molar-refractivity contribution in [3.8, 4) is 0 Å². The summed E-state index contributed by atoms with van der Waals surface area (Å²) in [5.41, 5.74) is 7.06. The van der Waals surface area contributed by atoms with Gasteiger partial charge in [0.1, 0.15) is 11.7 Å². The monoisotopic (exact) mass is 193 g/mol. The molecule has 0 atom stereocenters. The van der Waals surface area contributed by atoms with Crippen LogP contribution in [0.2, 0.25) is 0 Å². The molecule has 1 fully saturated rings. The van der Waals surface area contributed by atoms with Crippen molar-refractivity contribution in [2.24, 2.45) is 12.8 Å². The van der Waals surface area contributed by atoms with Crippen LogP contribution in [0.5, 0.6) is 0 Å². The predicted octanol–water partition coefficient (Wildman–Crippen LogP) is 0.587. The van der Waals surface area contributed by atoms with Gasteiger partial charge in [-0.1, -0.05) is 0 Å². The van der Waals surface area contributed by atoms with Gasteiger partial charge in [-0.2, -0.15) is 5.10 Å². The van der Waals surface area contributed by atoms with Gasteiger partial charge in [0.05, 0.1) is 11.3 Å². The highest BCUT2D eigenvalue weighted by molar-refractivity contribution is 6.00. The minimum atomic E-state index is 0.0822. The van der Waals surface area contributed by atoms with Crippen molar-refractivity contribution < 1.29 is 0 Å². The highest BCUT2D eigenvalue weighted by Crippen LogP contribution is 2.27. The second-order valence-electron chi connectivity index (χ2n) is 3.76. The first kappa shape index (κ1) is 9.05. The number of aryl methyl sites for hydroxylation is 2. The van der Waals surface area contributed by atoms with Gasteiger partial charge in [0.15, 0.2) is 0 Å². The lowest BCUT2D eigenvalue weighted by Gasteiger charge is -2.07. The zero-order valence-corrected chi connectivity index (χ0v) is 8.46. The molecule has 4 N–H and O–H groups in total. The molecule has 0 bridgehead atoms. The summed E-state index contributed by atoms with van der Waals surface area (Å²) in [5.74, 6) is 0.955. The molecule has 0 amide bonds. The lowest BCUT2D eigenvalue weighted by atomic mass is 10.2. The van der Waals surface area contributed by atoms with Gasteiger partial charge in [0, 0.05) is 13.1 Å². The third-order valence-corrected chi connectivity index (χ3v) is 2.41. The smallest absolute Gasteiger partial charge is 0.135 e. The van der Waals surface area contributed by atoms with E-state index >= 15 is 0 Å². The number of nitrogens with zero attached hydrogens (tertiary/aromatic N) is 2. The average Bonchev–Trinajstić information content (AvgIpc) is 2.80. The van der Waals surface area contributed by atoms with E-state index < -0.39 is 0 Å². The van der Waals surface area contributed by atoms with Gasteiger partial charge in [-0.05, 0) is 19.8 Å². The Hall–Kier alpha value is -1.52. The number of nitrogen functional groups attached to an aromatic ring is 1. The molecule has 76 valence electrons. The van der Waals surface area contributed by atoms with E-state index in [4.69, 9.17) is 11.1 Å². The maximum atomic E-state index is 7.48. The lowest BCUT2D eigenvalue weighted by Crippen LogP contribution is -2.16. The Balaban J connectivity index is 2.38. The first-order valence-corrected chi connectivity index (χ1v) is 4.74. The number of hydrogen-bond acceptors (Lipinski definition) is 3. The fraction of sp³-hybridized carbons (Fsp3) is 0.556. The van der Waals surface area contributed by atoms with E-state index in [1.807, 2.05) is 14.0 Å². The van der Waals surface area contributed by atoms with E-state index in [0.717, 1.165) is 17.1 Å². The van der Waals surface area contributed by atoms with Crippen LogP contribution in [0, 0.1) is 12.3 Å². The van der Waals surface area contributed by atoms with Crippen LogP contribution in [-0.2, 0) is 7.05 Å². The van der Waals surface area contributed by atoms with Gasteiger partial charge >= 0.3 is 0 Å². The van der Waals surface area contributed by atoms with Crippen LogP contribution in [0.4, 0.5) is 5.82 Å². The van der Waals surface area contributed by atoms with E-state index in [2.05, 4.69) is 10.4 Å². The normalized spacial score (nSPS) is 15.6. The molecule has 0 aromatic carbocycles. The summed E-state index contributed by atoms with van der Waals surface area (Å²) in [7, 11) is 1.87. The number of rotatable bonds is 3. The lowest BCUT2D eigenvalue weighted by molar-refractivity contribution is 0.757. The standard InChI is InChI=1S/C9H15N5/c1-5-7(8(10)11)9(14(2)13-5)12-6-3-4-6/h6,12H,3-4H2,1-2H3,(H3,10,11). The minimum Gasteiger partial charge on any atom is -0.384 e. The van der Waals surface area contributed by atoms with Crippen LogP contribution < -0.4 is 11.1 Å². The predicted molar refractivity (Wildman–Crippen MR) is 55.6 cm³/mol. The van der Waals surface area contributed by atoms with E-state index in [1.165, 1.54) is 12.8 Å². The second kappa shape index (κ2) is 3.01. The van der Waals surface area contributed by atoms with Crippen LogP contribution in [0.25, 0.3) is 0 Å². The van der Waals surface area contributed by atoms with Crippen molar-refractivity contribution in [3.05, 3.63) is 11.3 Å². The minimum absolute atomic E-state index is 0.0822. The SMILES string of the molecule is Cc1nn(C)c(NC2CC2)c1C(=N)N. The van der Waals surface area contributed by atoms with E-state index in [-0.39, 0.29) is 5.84 Å². The zero-order chi connectivity index (χ0) is 10.3. The number of hydrogen-bond donors (Lipinski definition) is 3. The Morgan fingerprint density at radius 3 is 2.79 bits per heavy atom. The van der Waals surface area contributed by atoms with Gasteiger partial charge in [0.2, 0.25) is 0 Å². The Kier molecular flexibility index (Phi) is 1.94. The van der Waals surface area contributed by atoms with Crippen molar-refractivity contribution >= 4 is 11.7 Å². The Morgan fingerprint density at radius 1 is 1.64 bits per heavy atom. The zero-order valence-electron chi connectivity index (χ0n) is 8.46. The molecule has 14 heavy (non-hydrogen) atoms. The van der Waals surface area contributed by atoms with Crippen LogP contribution in [-0.4, -0.2) is 21.7 Å². The fourth-order valence-electron chi connectivity index (χ4n) is 1.57. The van der Waals surface area contributed by atoms with Gasteiger partial charge in [0.25, 0.3) is 0 Å². The molecule has 1 aromatic heterocycles. The average molecular weight is 193 g/mol. The summed E-state index contributed by atoms with van der Waals surface area (Å²) in [6.07, 6.45) is 2.39. The number of aromatic nitrogens is 2. The highest BCUT2D eigenvalue weighted by Gasteiger charge is 2.25. The summed E-state index contributed by atoms with van der Waals surface area (Å²) in [6.45, 7) is 1.87. The summed E-state index contributed by atoms with van der Waals surface area (Å²) in [5, 5.41) is 15.1. The summed E-state index contributed by atoms with van der Waals surface area (Å²) < 4.78 is 1.75. The fourth-order valence-corrected chi connectivity index (χ4v) is 1.57. The van der Waals surface area contributed by atoms with Crippen LogP contribution in [0.3, 0.4) is 0 Å². The Labute approximate surface area is 82.8 Å². The third kappa shape index (κ3) is 1.45.